The molecule has 0 spiro atoms. The topological polar surface area (TPSA) is 65.5 Å². The number of rotatable bonds is 8. The number of benzene rings is 3. The standard InChI is InChI=1S/C32H34F2N4O3/c1-22-7-8-25(19-23(22)2)29-20-30(24-9-11-26(33)12-10-24)38(35-29)31(39)21-37(14-13-36-15-17-41-18-16-36)32(40)27-5-3-4-6-28(27)34/h3-12,19,30H,13-18,20-21H2,1-2H3/t30-/m1/s1. The second-order valence-electron chi connectivity index (χ2n) is 10.5. The molecule has 0 radical (unpaired) electrons. The van der Waals surface area contributed by atoms with E-state index in [4.69, 9.17) is 9.84 Å². The van der Waals surface area contributed by atoms with Gasteiger partial charge in [0.25, 0.3) is 11.8 Å². The van der Waals surface area contributed by atoms with E-state index in [0.29, 0.717) is 26.2 Å². The molecule has 1 atom stereocenters. The van der Waals surface area contributed by atoms with Crippen LogP contribution in [0.25, 0.3) is 0 Å². The number of hydrogen-bond donors (Lipinski definition) is 0. The van der Waals surface area contributed by atoms with Crippen LogP contribution in [-0.2, 0) is 9.53 Å². The fraction of sp³-hybridized carbons (Fsp3) is 0.344. The minimum absolute atomic E-state index is 0.0851. The van der Waals surface area contributed by atoms with Crippen molar-refractivity contribution in [3.63, 3.8) is 0 Å². The van der Waals surface area contributed by atoms with Crippen LogP contribution in [0.3, 0.4) is 0 Å². The van der Waals surface area contributed by atoms with Crippen LogP contribution in [0, 0.1) is 25.5 Å². The minimum atomic E-state index is -0.637. The zero-order valence-electron chi connectivity index (χ0n) is 23.4. The lowest BCUT2D eigenvalue weighted by molar-refractivity contribution is -0.133. The SMILES string of the molecule is Cc1ccc(C2=NN(C(=O)CN(CCN3CCOCC3)C(=O)c3ccccc3F)[C@@H](c3ccc(F)cc3)C2)cc1C. The van der Waals surface area contributed by atoms with Crippen molar-refractivity contribution in [1.82, 2.24) is 14.8 Å². The Morgan fingerprint density at radius 1 is 0.976 bits per heavy atom. The first-order valence-corrected chi connectivity index (χ1v) is 13.9. The van der Waals surface area contributed by atoms with E-state index < -0.39 is 23.7 Å². The van der Waals surface area contributed by atoms with Crippen LogP contribution in [0.4, 0.5) is 8.78 Å². The van der Waals surface area contributed by atoms with Gasteiger partial charge in [0, 0.05) is 32.6 Å². The molecule has 2 heterocycles. The number of hydrogen-bond acceptors (Lipinski definition) is 5. The maximum atomic E-state index is 14.6. The van der Waals surface area contributed by atoms with E-state index in [2.05, 4.69) is 4.90 Å². The summed E-state index contributed by atoms with van der Waals surface area (Å²) < 4.78 is 33.8. The van der Waals surface area contributed by atoms with Crippen molar-refractivity contribution in [2.75, 3.05) is 45.9 Å². The van der Waals surface area contributed by atoms with E-state index in [1.54, 1.807) is 18.2 Å². The van der Waals surface area contributed by atoms with Crippen molar-refractivity contribution in [1.29, 1.82) is 0 Å². The molecule has 0 aromatic heterocycles. The van der Waals surface area contributed by atoms with Gasteiger partial charge in [0.2, 0.25) is 0 Å². The molecule has 0 unspecified atom stereocenters. The number of morpholine rings is 1. The van der Waals surface area contributed by atoms with Crippen LogP contribution in [0.15, 0.2) is 71.8 Å². The van der Waals surface area contributed by atoms with E-state index in [-0.39, 0.29) is 24.5 Å². The first kappa shape index (κ1) is 28.6. The fourth-order valence-electron chi connectivity index (χ4n) is 5.16. The second kappa shape index (κ2) is 12.7. The first-order chi connectivity index (χ1) is 19.8. The summed E-state index contributed by atoms with van der Waals surface area (Å²) in [5.74, 6) is -1.96. The summed E-state index contributed by atoms with van der Waals surface area (Å²) in [6.07, 6.45) is 0.439. The van der Waals surface area contributed by atoms with Gasteiger partial charge < -0.3 is 9.64 Å². The van der Waals surface area contributed by atoms with Gasteiger partial charge in [-0.05, 0) is 66.4 Å². The van der Waals surface area contributed by atoms with Crippen molar-refractivity contribution in [3.05, 3.63) is 106 Å². The van der Waals surface area contributed by atoms with Gasteiger partial charge >= 0.3 is 0 Å². The molecule has 3 aromatic carbocycles. The van der Waals surface area contributed by atoms with Gasteiger partial charge in [-0.15, -0.1) is 0 Å². The highest BCUT2D eigenvalue weighted by molar-refractivity contribution is 6.04. The smallest absolute Gasteiger partial charge is 0.262 e. The van der Waals surface area contributed by atoms with Crippen molar-refractivity contribution in [3.8, 4) is 0 Å². The Bertz CT molecular complexity index is 1440. The molecule has 0 saturated carbocycles. The molecule has 5 rings (SSSR count). The molecule has 7 nitrogen and oxygen atoms in total. The summed E-state index contributed by atoms with van der Waals surface area (Å²) in [6.45, 7) is 7.18. The van der Waals surface area contributed by atoms with Crippen molar-refractivity contribution in [2.24, 2.45) is 5.10 Å². The van der Waals surface area contributed by atoms with Gasteiger partial charge in [0.15, 0.2) is 0 Å². The maximum Gasteiger partial charge on any atom is 0.262 e. The minimum Gasteiger partial charge on any atom is -0.379 e. The summed E-state index contributed by atoms with van der Waals surface area (Å²) in [7, 11) is 0. The number of carbonyl (C=O) groups excluding carboxylic acids is 2. The Morgan fingerprint density at radius 2 is 1.71 bits per heavy atom. The normalized spacial score (nSPS) is 17.4. The van der Waals surface area contributed by atoms with E-state index in [0.717, 1.165) is 41.1 Å². The third-order valence-corrected chi connectivity index (χ3v) is 7.77. The highest BCUT2D eigenvalue weighted by atomic mass is 19.1. The van der Waals surface area contributed by atoms with Gasteiger partial charge in [-0.2, -0.15) is 5.10 Å². The van der Waals surface area contributed by atoms with Gasteiger partial charge in [0.05, 0.1) is 30.5 Å². The van der Waals surface area contributed by atoms with Gasteiger partial charge in [0.1, 0.15) is 18.2 Å². The Morgan fingerprint density at radius 3 is 2.41 bits per heavy atom. The molecule has 2 amide bonds. The average molecular weight is 561 g/mol. The van der Waals surface area contributed by atoms with Crippen LogP contribution in [0.2, 0.25) is 0 Å². The van der Waals surface area contributed by atoms with Crippen LogP contribution in [0.5, 0.6) is 0 Å². The summed E-state index contributed by atoms with van der Waals surface area (Å²) in [5.41, 5.74) is 4.55. The number of halogens is 2. The van der Waals surface area contributed by atoms with Crippen molar-refractivity contribution in [2.45, 2.75) is 26.3 Å². The third kappa shape index (κ3) is 6.69. The van der Waals surface area contributed by atoms with Gasteiger partial charge in [-0.3, -0.25) is 14.5 Å². The molecule has 214 valence electrons. The number of ether oxygens (including phenoxy) is 1. The highest BCUT2D eigenvalue weighted by Crippen LogP contribution is 2.33. The number of hydrazone groups is 1. The molecular weight excluding hydrogens is 526 g/mol. The molecule has 2 aliphatic rings. The lowest BCUT2D eigenvalue weighted by Crippen LogP contribution is -2.46. The molecule has 3 aromatic rings. The molecule has 41 heavy (non-hydrogen) atoms. The quantitative estimate of drug-likeness (QED) is 0.400. The Balaban J connectivity index is 1.43. The molecule has 1 fully saturated rings. The Kier molecular flexibility index (Phi) is 8.85. The van der Waals surface area contributed by atoms with Crippen LogP contribution in [-0.4, -0.2) is 78.3 Å². The predicted molar refractivity (Wildman–Crippen MR) is 153 cm³/mol. The summed E-state index contributed by atoms with van der Waals surface area (Å²) in [5, 5.41) is 6.13. The molecule has 0 aliphatic carbocycles. The van der Waals surface area contributed by atoms with E-state index in [1.165, 1.54) is 40.2 Å². The van der Waals surface area contributed by atoms with Gasteiger partial charge in [-0.25, -0.2) is 13.8 Å². The number of aryl methyl sites for hydroxylation is 2. The maximum absolute atomic E-state index is 14.6. The second-order valence-corrected chi connectivity index (χ2v) is 10.5. The van der Waals surface area contributed by atoms with Crippen LogP contribution in [0.1, 0.15) is 45.1 Å². The van der Waals surface area contributed by atoms with E-state index in [9.17, 15) is 18.4 Å². The monoisotopic (exact) mass is 560 g/mol. The summed E-state index contributed by atoms with van der Waals surface area (Å²) in [4.78, 5) is 31.0. The van der Waals surface area contributed by atoms with E-state index in [1.807, 2.05) is 32.0 Å². The van der Waals surface area contributed by atoms with Gasteiger partial charge in [-0.1, -0.05) is 36.4 Å². The lowest BCUT2D eigenvalue weighted by Gasteiger charge is -2.31. The molecular formula is C32H34F2N4O3. The first-order valence-electron chi connectivity index (χ1n) is 13.9. The molecule has 2 aliphatic heterocycles. The largest absolute Gasteiger partial charge is 0.379 e. The third-order valence-electron chi connectivity index (χ3n) is 7.77. The summed E-state index contributed by atoms with van der Waals surface area (Å²) in [6, 6.07) is 17.4. The number of carbonyl (C=O) groups is 2. The molecule has 0 N–H and O–H groups in total. The predicted octanol–water partition coefficient (Wildman–Crippen LogP) is 4.73. The number of nitrogens with zero attached hydrogens (tertiary/aromatic N) is 4. The van der Waals surface area contributed by atoms with Crippen LogP contribution < -0.4 is 0 Å². The Labute approximate surface area is 239 Å². The Hall–Kier alpha value is -3.95. The average Bonchev–Trinajstić information content (AvgIpc) is 3.43. The summed E-state index contributed by atoms with van der Waals surface area (Å²) >= 11 is 0. The fourth-order valence-corrected chi connectivity index (χ4v) is 5.16. The molecule has 9 heteroatoms. The van der Waals surface area contributed by atoms with Crippen LogP contribution >= 0.6 is 0 Å². The molecule has 1 saturated heterocycles. The number of amides is 2. The lowest BCUT2D eigenvalue weighted by atomic mass is 9.96. The van der Waals surface area contributed by atoms with Crippen molar-refractivity contribution < 1.29 is 23.1 Å². The highest BCUT2D eigenvalue weighted by Gasteiger charge is 2.35. The zero-order valence-corrected chi connectivity index (χ0v) is 23.4. The van der Waals surface area contributed by atoms with E-state index >= 15 is 0 Å². The zero-order chi connectivity index (χ0) is 28.9. The van der Waals surface area contributed by atoms with Crippen molar-refractivity contribution >= 4 is 17.5 Å². The molecule has 0 bridgehead atoms.